The van der Waals surface area contributed by atoms with Crippen LogP contribution in [0.4, 0.5) is 5.69 Å². The van der Waals surface area contributed by atoms with Gasteiger partial charge in [0.15, 0.2) is 0 Å². The highest BCUT2D eigenvalue weighted by molar-refractivity contribution is 5.88. The summed E-state index contributed by atoms with van der Waals surface area (Å²) in [5.74, 6) is 0.379. The lowest BCUT2D eigenvalue weighted by molar-refractivity contribution is -0.145. The molecule has 1 aromatic rings. The van der Waals surface area contributed by atoms with Crippen molar-refractivity contribution in [2.45, 2.75) is 39.2 Å². The molecule has 0 aliphatic rings. The first kappa shape index (κ1) is 17.0. The third kappa shape index (κ3) is 5.85. The van der Waals surface area contributed by atoms with Crippen molar-refractivity contribution in [2.75, 3.05) is 19.0 Å². The smallest absolute Gasteiger partial charge is 0.329 e. The molecule has 0 radical (unpaired) electrons. The SMILES string of the molecule is CCCC(=O)CC(Nc1ccc(OC)cc1)C(=O)OCC. The summed E-state index contributed by atoms with van der Waals surface area (Å²) < 4.78 is 10.1. The van der Waals surface area contributed by atoms with Crippen molar-refractivity contribution < 1.29 is 19.1 Å². The van der Waals surface area contributed by atoms with Gasteiger partial charge in [0, 0.05) is 18.5 Å². The third-order valence-corrected chi connectivity index (χ3v) is 2.96. The molecule has 21 heavy (non-hydrogen) atoms. The van der Waals surface area contributed by atoms with Crippen LogP contribution in [0, 0.1) is 0 Å². The molecule has 0 saturated heterocycles. The highest BCUT2D eigenvalue weighted by atomic mass is 16.5. The Morgan fingerprint density at radius 3 is 2.38 bits per heavy atom. The van der Waals surface area contributed by atoms with Crippen LogP contribution in [0.15, 0.2) is 24.3 Å². The van der Waals surface area contributed by atoms with Crippen LogP contribution in [0.25, 0.3) is 0 Å². The van der Waals surface area contributed by atoms with Crippen LogP contribution in [-0.2, 0) is 14.3 Å². The lowest BCUT2D eigenvalue weighted by Crippen LogP contribution is -2.33. The minimum absolute atomic E-state index is 0.0524. The van der Waals surface area contributed by atoms with Gasteiger partial charge in [0.25, 0.3) is 0 Å². The second-order valence-corrected chi connectivity index (χ2v) is 4.67. The van der Waals surface area contributed by atoms with Gasteiger partial charge in [-0.3, -0.25) is 4.79 Å². The van der Waals surface area contributed by atoms with Gasteiger partial charge < -0.3 is 14.8 Å². The van der Waals surface area contributed by atoms with E-state index in [4.69, 9.17) is 9.47 Å². The molecule has 0 spiro atoms. The topological polar surface area (TPSA) is 64.6 Å². The van der Waals surface area contributed by atoms with Crippen molar-refractivity contribution in [3.63, 3.8) is 0 Å². The lowest BCUT2D eigenvalue weighted by Gasteiger charge is -2.18. The molecule has 1 unspecified atom stereocenters. The van der Waals surface area contributed by atoms with Crippen molar-refractivity contribution >= 4 is 17.4 Å². The number of benzene rings is 1. The van der Waals surface area contributed by atoms with Gasteiger partial charge in [0.2, 0.25) is 0 Å². The van der Waals surface area contributed by atoms with E-state index in [0.717, 1.165) is 17.9 Å². The molecule has 1 rings (SSSR count). The van der Waals surface area contributed by atoms with Gasteiger partial charge in [-0.05, 0) is 37.6 Å². The maximum Gasteiger partial charge on any atom is 0.329 e. The first-order valence-corrected chi connectivity index (χ1v) is 7.19. The van der Waals surface area contributed by atoms with Crippen LogP contribution in [0.3, 0.4) is 0 Å². The Bertz CT molecular complexity index is 456. The van der Waals surface area contributed by atoms with Gasteiger partial charge >= 0.3 is 5.97 Å². The molecule has 5 nitrogen and oxygen atoms in total. The summed E-state index contributed by atoms with van der Waals surface area (Å²) >= 11 is 0. The molecule has 0 aliphatic heterocycles. The van der Waals surface area contributed by atoms with Gasteiger partial charge in [0.1, 0.15) is 17.6 Å². The lowest BCUT2D eigenvalue weighted by atomic mass is 10.1. The Morgan fingerprint density at radius 2 is 1.86 bits per heavy atom. The Morgan fingerprint density at radius 1 is 1.19 bits per heavy atom. The molecule has 0 aromatic heterocycles. The molecule has 1 atom stereocenters. The monoisotopic (exact) mass is 293 g/mol. The van der Waals surface area contributed by atoms with Gasteiger partial charge in [-0.1, -0.05) is 6.92 Å². The number of nitrogens with one attached hydrogen (secondary N) is 1. The first-order chi connectivity index (χ1) is 10.1. The van der Waals surface area contributed by atoms with Crippen molar-refractivity contribution in [2.24, 2.45) is 0 Å². The molecule has 0 bridgehead atoms. The summed E-state index contributed by atoms with van der Waals surface area (Å²) in [6.45, 7) is 3.98. The Kier molecular flexibility index (Phi) is 7.29. The van der Waals surface area contributed by atoms with Crippen LogP contribution >= 0.6 is 0 Å². The predicted octanol–water partition coefficient (Wildman–Crippen LogP) is 2.80. The summed E-state index contributed by atoms with van der Waals surface area (Å²) in [6.07, 6.45) is 1.38. The number of carbonyl (C=O) groups excluding carboxylic acids is 2. The molecule has 0 saturated carbocycles. The number of anilines is 1. The zero-order valence-electron chi connectivity index (χ0n) is 12.8. The second-order valence-electron chi connectivity index (χ2n) is 4.67. The molecule has 116 valence electrons. The predicted molar refractivity (Wildman–Crippen MR) is 81.6 cm³/mol. The number of rotatable bonds is 9. The fourth-order valence-electron chi connectivity index (χ4n) is 1.93. The molecular formula is C16H23NO4. The van der Waals surface area contributed by atoms with Crippen LogP contribution in [0.1, 0.15) is 33.1 Å². The average Bonchev–Trinajstić information content (AvgIpc) is 2.48. The summed E-state index contributed by atoms with van der Waals surface area (Å²) in [5, 5.41) is 3.05. The highest BCUT2D eigenvalue weighted by Gasteiger charge is 2.22. The molecule has 5 heteroatoms. The van der Waals surface area contributed by atoms with E-state index in [-0.39, 0.29) is 12.2 Å². The summed E-state index contributed by atoms with van der Waals surface area (Å²) in [5.41, 5.74) is 0.748. The Hall–Kier alpha value is -2.04. The van der Waals surface area contributed by atoms with Gasteiger partial charge in [-0.25, -0.2) is 4.79 Å². The second kappa shape index (κ2) is 9.00. The summed E-state index contributed by atoms with van der Waals surface area (Å²) in [6, 6.07) is 6.53. The average molecular weight is 293 g/mol. The van der Waals surface area contributed by atoms with Gasteiger partial charge in [-0.15, -0.1) is 0 Å². The van der Waals surface area contributed by atoms with Crippen molar-refractivity contribution in [1.29, 1.82) is 0 Å². The molecule has 0 heterocycles. The van der Waals surface area contributed by atoms with Crippen LogP contribution in [0.5, 0.6) is 5.75 Å². The van der Waals surface area contributed by atoms with Crippen molar-refractivity contribution in [1.82, 2.24) is 0 Å². The molecular weight excluding hydrogens is 270 g/mol. The minimum atomic E-state index is -0.655. The fourth-order valence-corrected chi connectivity index (χ4v) is 1.93. The normalized spacial score (nSPS) is 11.6. The van der Waals surface area contributed by atoms with Gasteiger partial charge in [-0.2, -0.15) is 0 Å². The maximum atomic E-state index is 11.9. The maximum absolute atomic E-state index is 11.9. The van der Waals surface area contributed by atoms with E-state index >= 15 is 0 Å². The summed E-state index contributed by atoms with van der Waals surface area (Å²) in [4.78, 5) is 23.7. The van der Waals surface area contributed by atoms with E-state index < -0.39 is 12.0 Å². The van der Waals surface area contributed by atoms with E-state index in [1.165, 1.54) is 0 Å². The molecule has 0 aliphatic carbocycles. The Labute approximate surface area is 125 Å². The highest BCUT2D eigenvalue weighted by Crippen LogP contribution is 2.17. The number of ether oxygens (including phenoxy) is 2. The molecule has 0 amide bonds. The number of esters is 1. The van der Waals surface area contributed by atoms with E-state index in [2.05, 4.69) is 5.32 Å². The van der Waals surface area contributed by atoms with Crippen molar-refractivity contribution in [3.05, 3.63) is 24.3 Å². The third-order valence-electron chi connectivity index (χ3n) is 2.96. The number of methoxy groups -OCH3 is 1. The van der Waals surface area contributed by atoms with Crippen molar-refractivity contribution in [3.8, 4) is 5.75 Å². The standard InChI is InChI=1S/C16H23NO4/c1-4-6-13(18)11-15(16(19)21-5-2)17-12-7-9-14(20-3)10-8-12/h7-10,15,17H,4-6,11H2,1-3H3. The fraction of sp³-hybridized carbons (Fsp3) is 0.500. The van der Waals surface area contributed by atoms with Crippen LogP contribution in [0.2, 0.25) is 0 Å². The molecule has 1 aromatic carbocycles. The number of hydrogen-bond donors (Lipinski definition) is 1. The van der Waals surface area contributed by atoms with Gasteiger partial charge in [0.05, 0.1) is 13.7 Å². The quantitative estimate of drug-likeness (QED) is 0.709. The largest absolute Gasteiger partial charge is 0.497 e. The Balaban J connectivity index is 2.74. The van der Waals surface area contributed by atoms with E-state index in [1.54, 1.807) is 38.3 Å². The van der Waals surface area contributed by atoms with Crippen LogP contribution in [-0.4, -0.2) is 31.5 Å². The number of hydrogen-bond acceptors (Lipinski definition) is 5. The number of Topliss-reactive ketones (excluding diaryl/α,β-unsaturated/α-hetero) is 1. The van der Waals surface area contributed by atoms with E-state index in [0.29, 0.717) is 13.0 Å². The minimum Gasteiger partial charge on any atom is -0.497 e. The van der Waals surface area contributed by atoms with E-state index in [9.17, 15) is 9.59 Å². The van der Waals surface area contributed by atoms with Crippen LogP contribution < -0.4 is 10.1 Å². The number of ketones is 1. The molecule has 0 fully saturated rings. The number of carbonyl (C=O) groups is 2. The van der Waals surface area contributed by atoms with E-state index in [1.807, 2.05) is 6.92 Å². The zero-order valence-corrected chi connectivity index (χ0v) is 12.8. The first-order valence-electron chi connectivity index (χ1n) is 7.19. The molecule has 1 N–H and O–H groups in total. The summed E-state index contributed by atoms with van der Waals surface area (Å²) in [7, 11) is 1.59. The zero-order chi connectivity index (χ0) is 15.7.